The molecule has 2 aromatic carbocycles. The topological polar surface area (TPSA) is 77.6 Å². The third kappa shape index (κ3) is 3.75. The number of aromatic nitrogens is 5. The predicted octanol–water partition coefficient (Wildman–Crippen LogP) is 2.80. The SMILES string of the molecule is O=C(NCCn1ccc2ccc(Br)cc21)C(c1ccccc1)n1cnnn1. The van der Waals surface area contributed by atoms with Crippen LogP contribution in [0.3, 0.4) is 0 Å². The van der Waals surface area contributed by atoms with Gasteiger partial charge in [-0.3, -0.25) is 4.79 Å². The Morgan fingerprint density at radius 1 is 1.15 bits per heavy atom. The highest BCUT2D eigenvalue weighted by Crippen LogP contribution is 2.21. The van der Waals surface area contributed by atoms with E-state index < -0.39 is 6.04 Å². The summed E-state index contributed by atoms with van der Waals surface area (Å²) in [6.45, 7) is 1.17. The van der Waals surface area contributed by atoms with Crippen LogP contribution in [0.4, 0.5) is 0 Å². The zero-order valence-corrected chi connectivity index (χ0v) is 16.0. The van der Waals surface area contributed by atoms with Crippen LogP contribution >= 0.6 is 15.9 Å². The summed E-state index contributed by atoms with van der Waals surface area (Å²) in [5.41, 5.74) is 1.95. The third-order valence-corrected chi connectivity index (χ3v) is 4.87. The first-order valence-corrected chi connectivity index (χ1v) is 9.31. The normalized spacial score (nSPS) is 12.2. The Bertz CT molecular complexity index is 1040. The number of carbonyl (C=O) groups is 1. The maximum atomic E-state index is 12.8. The molecule has 1 amide bonds. The summed E-state index contributed by atoms with van der Waals surface area (Å²) >= 11 is 3.51. The number of rotatable bonds is 6. The molecule has 2 aromatic heterocycles. The van der Waals surface area contributed by atoms with E-state index in [-0.39, 0.29) is 5.91 Å². The van der Waals surface area contributed by atoms with Gasteiger partial charge >= 0.3 is 0 Å². The van der Waals surface area contributed by atoms with E-state index >= 15 is 0 Å². The summed E-state index contributed by atoms with van der Waals surface area (Å²) in [5, 5.41) is 15.4. The van der Waals surface area contributed by atoms with Crippen LogP contribution in [0.25, 0.3) is 10.9 Å². The molecule has 4 rings (SSSR count). The lowest BCUT2D eigenvalue weighted by Crippen LogP contribution is -2.35. The third-order valence-electron chi connectivity index (χ3n) is 4.38. The van der Waals surface area contributed by atoms with Gasteiger partial charge in [-0.2, -0.15) is 0 Å². The van der Waals surface area contributed by atoms with Crippen molar-refractivity contribution in [1.29, 1.82) is 0 Å². The summed E-state index contributed by atoms with van der Waals surface area (Å²) in [5.74, 6) is -0.147. The molecule has 136 valence electrons. The first-order valence-electron chi connectivity index (χ1n) is 8.52. The minimum Gasteiger partial charge on any atom is -0.352 e. The fourth-order valence-corrected chi connectivity index (χ4v) is 3.44. The number of hydrogen-bond donors (Lipinski definition) is 1. The van der Waals surface area contributed by atoms with Crippen LogP contribution in [0.5, 0.6) is 0 Å². The highest BCUT2D eigenvalue weighted by atomic mass is 79.9. The molecular formula is C19H17BrN6O. The van der Waals surface area contributed by atoms with Crippen LogP contribution in [0.1, 0.15) is 11.6 Å². The van der Waals surface area contributed by atoms with Gasteiger partial charge in [-0.25, -0.2) is 4.68 Å². The summed E-state index contributed by atoms with van der Waals surface area (Å²) in [4.78, 5) is 12.8. The highest BCUT2D eigenvalue weighted by molar-refractivity contribution is 9.10. The van der Waals surface area contributed by atoms with Crippen LogP contribution in [-0.2, 0) is 11.3 Å². The first-order chi connectivity index (χ1) is 13.2. The number of benzene rings is 2. The Kier molecular flexibility index (Phi) is 4.97. The molecule has 8 heteroatoms. The van der Waals surface area contributed by atoms with Crippen molar-refractivity contribution in [3.05, 3.63) is 77.2 Å². The largest absolute Gasteiger partial charge is 0.352 e. The Morgan fingerprint density at radius 3 is 2.78 bits per heavy atom. The number of amides is 1. The standard InChI is InChI=1S/C19H17BrN6O/c20-16-7-6-14-8-10-25(17(14)12-16)11-9-21-19(27)18(26-13-22-23-24-26)15-4-2-1-3-5-15/h1-8,10,12-13,18H,9,11H2,(H,21,27). The zero-order valence-electron chi connectivity index (χ0n) is 14.4. The minimum absolute atomic E-state index is 0.147. The average molecular weight is 425 g/mol. The van der Waals surface area contributed by atoms with Gasteiger partial charge < -0.3 is 9.88 Å². The number of nitrogens with zero attached hydrogens (tertiary/aromatic N) is 5. The molecule has 1 unspecified atom stereocenters. The first kappa shape index (κ1) is 17.4. The summed E-state index contributed by atoms with van der Waals surface area (Å²) < 4.78 is 4.61. The lowest BCUT2D eigenvalue weighted by Gasteiger charge is -2.17. The van der Waals surface area contributed by atoms with E-state index in [1.54, 1.807) is 0 Å². The Labute approximate surface area is 164 Å². The molecule has 1 atom stereocenters. The van der Waals surface area contributed by atoms with Crippen molar-refractivity contribution in [1.82, 2.24) is 30.1 Å². The number of hydrogen-bond acceptors (Lipinski definition) is 4. The van der Waals surface area contributed by atoms with Gasteiger partial charge in [-0.1, -0.05) is 52.3 Å². The van der Waals surface area contributed by atoms with Gasteiger partial charge in [0.25, 0.3) is 0 Å². The Morgan fingerprint density at radius 2 is 2.00 bits per heavy atom. The van der Waals surface area contributed by atoms with Crippen LogP contribution in [-0.4, -0.2) is 37.2 Å². The van der Waals surface area contributed by atoms with Crippen LogP contribution in [0.15, 0.2) is 71.6 Å². The molecule has 0 aliphatic heterocycles. The smallest absolute Gasteiger partial charge is 0.249 e. The molecule has 4 aromatic rings. The van der Waals surface area contributed by atoms with E-state index in [1.807, 2.05) is 42.6 Å². The van der Waals surface area contributed by atoms with E-state index in [2.05, 4.69) is 59.5 Å². The van der Waals surface area contributed by atoms with Crippen molar-refractivity contribution >= 4 is 32.7 Å². The molecular weight excluding hydrogens is 408 g/mol. The van der Waals surface area contributed by atoms with Crippen molar-refractivity contribution in [2.24, 2.45) is 0 Å². The quantitative estimate of drug-likeness (QED) is 0.516. The van der Waals surface area contributed by atoms with Crippen molar-refractivity contribution in [2.75, 3.05) is 6.54 Å². The lowest BCUT2D eigenvalue weighted by molar-refractivity contribution is -0.123. The van der Waals surface area contributed by atoms with Gasteiger partial charge in [0, 0.05) is 29.3 Å². The van der Waals surface area contributed by atoms with Crippen molar-refractivity contribution in [2.45, 2.75) is 12.6 Å². The van der Waals surface area contributed by atoms with Crippen LogP contribution in [0, 0.1) is 0 Å². The van der Waals surface area contributed by atoms with Gasteiger partial charge in [0.2, 0.25) is 5.91 Å². The molecule has 7 nitrogen and oxygen atoms in total. The molecule has 0 aliphatic rings. The second-order valence-corrected chi connectivity index (χ2v) is 7.02. The predicted molar refractivity (Wildman–Crippen MR) is 105 cm³/mol. The number of halogens is 1. The summed E-state index contributed by atoms with van der Waals surface area (Å²) in [7, 11) is 0. The Balaban J connectivity index is 1.48. The maximum absolute atomic E-state index is 12.8. The molecule has 0 radical (unpaired) electrons. The van der Waals surface area contributed by atoms with Gasteiger partial charge in [0.1, 0.15) is 6.33 Å². The molecule has 1 N–H and O–H groups in total. The van der Waals surface area contributed by atoms with Crippen LogP contribution < -0.4 is 5.32 Å². The van der Waals surface area contributed by atoms with Crippen molar-refractivity contribution < 1.29 is 4.79 Å². The van der Waals surface area contributed by atoms with Crippen molar-refractivity contribution in [3.8, 4) is 0 Å². The summed E-state index contributed by atoms with van der Waals surface area (Å²) in [6, 6.07) is 17.1. The van der Waals surface area contributed by atoms with Gasteiger partial charge in [-0.05, 0) is 39.6 Å². The van der Waals surface area contributed by atoms with Gasteiger partial charge in [0.15, 0.2) is 6.04 Å². The second-order valence-electron chi connectivity index (χ2n) is 6.11. The highest BCUT2D eigenvalue weighted by Gasteiger charge is 2.23. The second kappa shape index (κ2) is 7.71. The van der Waals surface area contributed by atoms with E-state index in [1.165, 1.54) is 16.4 Å². The summed E-state index contributed by atoms with van der Waals surface area (Å²) in [6.07, 6.45) is 3.48. The van der Waals surface area contributed by atoms with Gasteiger partial charge in [0.05, 0.1) is 0 Å². The molecule has 0 saturated carbocycles. The lowest BCUT2D eigenvalue weighted by atomic mass is 10.1. The number of nitrogens with one attached hydrogen (secondary N) is 1. The molecule has 2 heterocycles. The number of fused-ring (bicyclic) bond motifs is 1. The zero-order chi connectivity index (χ0) is 18.6. The van der Waals surface area contributed by atoms with E-state index in [4.69, 9.17) is 0 Å². The molecule has 0 spiro atoms. The van der Waals surface area contributed by atoms with E-state index in [9.17, 15) is 4.79 Å². The monoisotopic (exact) mass is 424 g/mol. The maximum Gasteiger partial charge on any atom is 0.249 e. The molecule has 0 aliphatic carbocycles. The van der Waals surface area contributed by atoms with Crippen LogP contribution in [0.2, 0.25) is 0 Å². The molecule has 27 heavy (non-hydrogen) atoms. The molecule has 0 saturated heterocycles. The molecule has 0 bridgehead atoms. The fraction of sp³-hybridized carbons (Fsp3) is 0.158. The van der Waals surface area contributed by atoms with Crippen molar-refractivity contribution in [3.63, 3.8) is 0 Å². The minimum atomic E-state index is -0.600. The Hall–Kier alpha value is -3.00. The molecule has 0 fully saturated rings. The number of tetrazole rings is 1. The fourth-order valence-electron chi connectivity index (χ4n) is 3.09. The van der Waals surface area contributed by atoms with E-state index in [0.717, 1.165) is 15.6 Å². The van der Waals surface area contributed by atoms with Gasteiger partial charge in [-0.15, -0.1) is 5.10 Å². The van der Waals surface area contributed by atoms with E-state index in [0.29, 0.717) is 13.1 Å². The number of carbonyl (C=O) groups excluding carboxylic acids is 1. The average Bonchev–Trinajstić information content (AvgIpc) is 3.33.